The van der Waals surface area contributed by atoms with Crippen LogP contribution in [0.1, 0.15) is 53.0 Å². The molecule has 0 saturated heterocycles. The van der Waals surface area contributed by atoms with E-state index in [9.17, 15) is 9.59 Å². The van der Waals surface area contributed by atoms with Crippen LogP contribution in [0, 0.1) is 0 Å². The molecule has 154 valence electrons. The fraction of sp³-hybridized carbons (Fsp3) is 0.318. The molecule has 3 aromatic rings. The highest BCUT2D eigenvalue weighted by Crippen LogP contribution is 2.36. The maximum absolute atomic E-state index is 12.6. The molecule has 1 unspecified atom stereocenters. The number of Topliss-reactive ketones (excluding diaryl/α,β-unsaturated/α-hetero) is 1. The Hall–Kier alpha value is -3.55. The summed E-state index contributed by atoms with van der Waals surface area (Å²) in [5.41, 5.74) is 3.09. The number of hydrogen-bond donors (Lipinski definition) is 2. The summed E-state index contributed by atoms with van der Waals surface area (Å²) in [5.74, 6) is 0.703. The zero-order chi connectivity index (χ0) is 19.8. The van der Waals surface area contributed by atoms with Crippen LogP contribution in [-0.2, 0) is 17.6 Å². The normalized spacial score (nSPS) is 19.7. The van der Waals surface area contributed by atoms with Gasteiger partial charge in [-0.3, -0.25) is 19.7 Å². The minimum atomic E-state index is -0.772. The van der Waals surface area contributed by atoms with Gasteiger partial charge in [0.1, 0.15) is 24.2 Å². The number of carbonyl (C=O) groups is 2. The van der Waals surface area contributed by atoms with E-state index in [0.29, 0.717) is 17.3 Å². The number of rotatable bonds is 3. The highest BCUT2D eigenvalue weighted by Gasteiger charge is 2.30. The molecule has 8 heteroatoms. The van der Waals surface area contributed by atoms with Crippen LogP contribution in [0.3, 0.4) is 0 Å². The molecule has 0 bridgehead atoms. The molecule has 1 aromatic carbocycles. The van der Waals surface area contributed by atoms with Crippen LogP contribution in [0.2, 0.25) is 0 Å². The number of H-pyrrole nitrogens is 1. The van der Waals surface area contributed by atoms with E-state index in [4.69, 9.17) is 4.74 Å². The van der Waals surface area contributed by atoms with Crippen LogP contribution in [0.25, 0.3) is 0 Å². The van der Waals surface area contributed by atoms with E-state index < -0.39 is 11.9 Å². The van der Waals surface area contributed by atoms with Gasteiger partial charge in [0.2, 0.25) is 5.82 Å². The molecule has 2 aliphatic rings. The Labute approximate surface area is 174 Å². The molecule has 2 aromatic heterocycles. The van der Waals surface area contributed by atoms with Gasteiger partial charge in [0.15, 0.2) is 5.78 Å². The van der Waals surface area contributed by atoms with Crippen LogP contribution in [0.4, 0.5) is 0 Å². The van der Waals surface area contributed by atoms with Crippen LogP contribution >= 0.6 is 0 Å². The maximum Gasteiger partial charge on any atom is 0.291 e. The number of aryl methyl sites for hydroxylation is 1. The largest absolute Gasteiger partial charge is 0.489 e. The third-order valence-corrected chi connectivity index (χ3v) is 5.46. The zero-order valence-corrected chi connectivity index (χ0v) is 15.6. The Bertz CT molecular complexity index is 1090. The Morgan fingerprint density at radius 2 is 2.07 bits per heavy atom. The van der Waals surface area contributed by atoms with Crippen LogP contribution in [-0.4, -0.2) is 44.5 Å². The summed E-state index contributed by atoms with van der Waals surface area (Å²) >= 11 is 0. The fourth-order valence-corrected chi connectivity index (χ4v) is 3.96. The van der Waals surface area contributed by atoms with Gasteiger partial charge >= 0.3 is 0 Å². The van der Waals surface area contributed by atoms with E-state index in [1.165, 1.54) is 11.1 Å². The van der Waals surface area contributed by atoms with E-state index >= 15 is 0 Å². The number of hydrogen-bond acceptors (Lipinski definition) is 6. The lowest BCUT2D eigenvalue weighted by atomic mass is 10.0. The van der Waals surface area contributed by atoms with E-state index in [1.54, 1.807) is 18.3 Å². The minimum absolute atomic E-state index is 0. The summed E-state index contributed by atoms with van der Waals surface area (Å²) in [6.07, 6.45) is 3.63. The third kappa shape index (κ3) is 3.56. The molecular formula is C22H23N5O3. The molecule has 8 nitrogen and oxygen atoms in total. The van der Waals surface area contributed by atoms with Gasteiger partial charge in [0, 0.05) is 12.1 Å². The molecule has 2 N–H and O–H groups in total. The number of pyridine rings is 1. The number of ketones is 1. The lowest BCUT2D eigenvalue weighted by Gasteiger charge is -2.13. The number of nitrogens with one attached hydrogen (secondary N) is 2. The first-order valence-electron chi connectivity index (χ1n) is 9.59. The lowest BCUT2D eigenvalue weighted by molar-refractivity contribution is -0.120. The molecule has 1 aliphatic carbocycles. The standard InChI is InChI=1S/C21H19N5O3.CH4/c27-17-10-15-18(6-3-9-22-15)29-11-16(17)23-21(28)20-24-19(25-26-20)14-8-7-12-4-1-2-5-13(12)14;/h1-6,9,14,16H,7-8,10-11H2,(H,23,28)(H,24,25,26);1H4/t14?,16-;/m0./s1. The SMILES string of the molecule is C.O=C(N[C@H]1COc2cccnc2CC1=O)c1n[nH]c(C2CCc3ccccc32)n1. The number of carbonyl (C=O) groups excluding carboxylic acids is 2. The molecule has 3 heterocycles. The quantitative estimate of drug-likeness (QED) is 0.691. The Morgan fingerprint density at radius 1 is 1.20 bits per heavy atom. The lowest BCUT2D eigenvalue weighted by Crippen LogP contribution is -2.45. The number of nitrogens with zero attached hydrogens (tertiary/aromatic N) is 3. The van der Waals surface area contributed by atoms with Crippen molar-refractivity contribution in [2.75, 3.05) is 6.61 Å². The summed E-state index contributed by atoms with van der Waals surface area (Å²) in [6, 6.07) is 11.0. The van der Waals surface area contributed by atoms with Crippen molar-refractivity contribution in [2.45, 2.75) is 38.6 Å². The molecule has 0 spiro atoms. The number of fused-ring (bicyclic) bond motifs is 2. The van der Waals surface area contributed by atoms with Crippen molar-refractivity contribution >= 4 is 11.7 Å². The van der Waals surface area contributed by atoms with Crippen molar-refractivity contribution < 1.29 is 14.3 Å². The highest BCUT2D eigenvalue weighted by molar-refractivity contribution is 5.96. The van der Waals surface area contributed by atoms with Crippen molar-refractivity contribution in [3.05, 3.63) is 71.1 Å². The predicted molar refractivity (Wildman–Crippen MR) is 109 cm³/mol. The van der Waals surface area contributed by atoms with Gasteiger partial charge in [-0.1, -0.05) is 31.7 Å². The predicted octanol–water partition coefficient (Wildman–Crippen LogP) is 2.22. The van der Waals surface area contributed by atoms with Crippen LogP contribution in [0.15, 0.2) is 42.6 Å². The molecule has 2 atom stereocenters. The summed E-state index contributed by atoms with van der Waals surface area (Å²) in [6.45, 7) is 0.0521. The summed E-state index contributed by atoms with van der Waals surface area (Å²) in [4.78, 5) is 33.7. The first-order chi connectivity index (χ1) is 14.2. The number of aromatic amines is 1. The first kappa shape index (κ1) is 19.8. The second-order valence-corrected chi connectivity index (χ2v) is 7.26. The van der Waals surface area contributed by atoms with Crippen LogP contribution in [0.5, 0.6) is 5.75 Å². The van der Waals surface area contributed by atoms with Gasteiger partial charge in [-0.05, 0) is 36.1 Å². The van der Waals surface area contributed by atoms with E-state index in [0.717, 1.165) is 12.8 Å². The molecule has 0 radical (unpaired) electrons. The summed E-state index contributed by atoms with van der Waals surface area (Å²) in [5, 5.41) is 9.67. The van der Waals surface area contributed by atoms with Crippen molar-refractivity contribution in [1.82, 2.24) is 25.5 Å². The molecular weight excluding hydrogens is 382 g/mol. The van der Waals surface area contributed by atoms with Gasteiger partial charge in [0.25, 0.3) is 5.91 Å². The zero-order valence-electron chi connectivity index (χ0n) is 15.6. The number of amides is 1. The Morgan fingerprint density at radius 3 is 2.97 bits per heavy atom. The van der Waals surface area contributed by atoms with Crippen molar-refractivity contribution in [3.8, 4) is 5.75 Å². The number of benzene rings is 1. The molecule has 0 fully saturated rings. The Kier molecular flexibility index (Phi) is 5.31. The fourth-order valence-electron chi connectivity index (χ4n) is 3.96. The van der Waals surface area contributed by atoms with Gasteiger partial charge in [-0.25, -0.2) is 4.98 Å². The van der Waals surface area contributed by atoms with E-state index in [1.807, 2.05) is 12.1 Å². The van der Waals surface area contributed by atoms with Crippen molar-refractivity contribution in [2.24, 2.45) is 0 Å². The van der Waals surface area contributed by atoms with E-state index in [-0.39, 0.29) is 38.0 Å². The number of aromatic nitrogens is 4. The van der Waals surface area contributed by atoms with Crippen LogP contribution < -0.4 is 10.1 Å². The van der Waals surface area contributed by atoms with Gasteiger partial charge in [-0.15, -0.1) is 5.10 Å². The average Bonchev–Trinajstić information content (AvgIpc) is 3.35. The second-order valence-electron chi connectivity index (χ2n) is 7.26. The summed E-state index contributed by atoms with van der Waals surface area (Å²) in [7, 11) is 0. The van der Waals surface area contributed by atoms with Gasteiger partial charge in [-0.2, -0.15) is 0 Å². The molecule has 5 rings (SSSR count). The Balaban J connectivity index is 0.00000218. The smallest absolute Gasteiger partial charge is 0.291 e. The molecule has 0 saturated carbocycles. The maximum atomic E-state index is 12.6. The molecule has 1 amide bonds. The summed E-state index contributed by atoms with van der Waals surface area (Å²) < 4.78 is 5.65. The van der Waals surface area contributed by atoms with Gasteiger partial charge < -0.3 is 10.1 Å². The van der Waals surface area contributed by atoms with Crippen molar-refractivity contribution in [3.63, 3.8) is 0 Å². The third-order valence-electron chi connectivity index (χ3n) is 5.46. The topological polar surface area (TPSA) is 110 Å². The average molecular weight is 405 g/mol. The van der Waals surface area contributed by atoms with E-state index in [2.05, 4.69) is 37.6 Å². The minimum Gasteiger partial charge on any atom is -0.489 e. The molecule has 30 heavy (non-hydrogen) atoms. The highest BCUT2D eigenvalue weighted by atomic mass is 16.5. The molecule has 1 aliphatic heterocycles. The van der Waals surface area contributed by atoms with Crippen molar-refractivity contribution in [1.29, 1.82) is 0 Å². The first-order valence-corrected chi connectivity index (χ1v) is 9.59. The monoisotopic (exact) mass is 405 g/mol. The second kappa shape index (κ2) is 8.06. The van der Waals surface area contributed by atoms with Gasteiger partial charge in [0.05, 0.1) is 12.1 Å². The number of ether oxygens (including phenoxy) is 1.